The molecule has 1 fully saturated rings. The van der Waals surface area contributed by atoms with Gasteiger partial charge < -0.3 is 5.32 Å². The molecule has 1 heterocycles. The van der Waals surface area contributed by atoms with Crippen LogP contribution in [0.1, 0.15) is 68.4 Å². The zero-order valence-corrected chi connectivity index (χ0v) is 15.7. The molecule has 4 nitrogen and oxygen atoms in total. The summed E-state index contributed by atoms with van der Waals surface area (Å²) in [6, 6.07) is 10.4. The monoisotopic (exact) mass is 357 g/mol. The standard InChI is InChI=1S/C20H27N3OS/c1-15(17-10-6-3-7-11-17)14-19-22-23-20(25-19)21-18(24)13-12-16-8-4-2-5-9-16/h3,6-7,10-11,15-16H,2,4-5,8-9,12-14H2,1H3,(H,21,23,24). The highest BCUT2D eigenvalue weighted by molar-refractivity contribution is 7.15. The Hall–Kier alpha value is -1.75. The van der Waals surface area contributed by atoms with E-state index in [1.165, 1.54) is 49.0 Å². The quantitative estimate of drug-likeness (QED) is 0.742. The first-order valence-electron chi connectivity index (χ1n) is 9.38. The molecule has 1 aliphatic rings. The van der Waals surface area contributed by atoms with Crippen LogP contribution in [-0.2, 0) is 11.2 Å². The molecule has 5 heteroatoms. The number of hydrogen-bond donors (Lipinski definition) is 1. The molecule has 2 aromatic rings. The third-order valence-corrected chi connectivity index (χ3v) is 5.93. The van der Waals surface area contributed by atoms with Gasteiger partial charge in [0.2, 0.25) is 11.0 Å². The van der Waals surface area contributed by atoms with E-state index in [4.69, 9.17) is 0 Å². The van der Waals surface area contributed by atoms with E-state index in [0.717, 1.165) is 23.8 Å². The molecule has 1 aliphatic carbocycles. The Morgan fingerprint density at radius 3 is 2.72 bits per heavy atom. The first-order chi connectivity index (χ1) is 12.2. The Labute approximate surface area is 154 Å². The van der Waals surface area contributed by atoms with Crippen LogP contribution in [0.4, 0.5) is 5.13 Å². The van der Waals surface area contributed by atoms with Crippen molar-refractivity contribution in [2.24, 2.45) is 5.92 Å². The van der Waals surface area contributed by atoms with E-state index in [1.807, 2.05) is 6.07 Å². The van der Waals surface area contributed by atoms with E-state index in [9.17, 15) is 4.79 Å². The van der Waals surface area contributed by atoms with Gasteiger partial charge in [-0.25, -0.2) is 0 Å². The van der Waals surface area contributed by atoms with Crippen LogP contribution in [0.3, 0.4) is 0 Å². The average Bonchev–Trinajstić information content (AvgIpc) is 3.08. The molecule has 0 saturated heterocycles. The third-order valence-electron chi connectivity index (χ3n) is 5.07. The number of rotatable bonds is 7. The molecule has 3 rings (SSSR count). The van der Waals surface area contributed by atoms with Gasteiger partial charge in [-0.2, -0.15) is 0 Å². The highest BCUT2D eigenvalue weighted by atomic mass is 32.1. The minimum atomic E-state index is 0.0735. The van der Waals surface area contributed by atoms with Crippen LogP contribution < -0.4 is 5.32 Å². The highest BCUT2D eigenvalue weighted by Crippen LogP contribution is 2.28. The fourth-order valence-electron chi connectivity index (χ4n) is 3.54. The summed E-state index contributed by atoms with van der Waals surface area (Å²) in [5.74, 6) is 1.20. The molecule has 0 radical (unpaired) electrons. The molecule has 0 spiro atoms. The maximum atomic E-state index is 12.1. The van der Waals surface area contributed by atoms with Crippen LogP contribution in [0.2, 0.25) is 0 Å². The Kier molecular flexibility index (Phi) is 6.56. The molecule has 1 N–H and O–H groups in total. The number of amides is 1. The van der Waals surface area contributed by atoms with Crippen molar-refractivity contribution in [1.82, 2.24) is 10.2 Å². The van der Waals surface area contributed by atoms with Gasteiger partial charge in [0.05, 0.1) is 0 Å². The molecule has 0 aliphatic heterocycles. The molecule has 1 amide bonds. The largest absolute Gasteiger partial charge is 0.301 e. The van der Waals surface area contributed by atoms with Crippen LogP contribution >= 0.6 is 11.3 Å². The molecule has 1 unspecified atom stereocenters. The molecule has 1 aromatic heterocycles. The predicted octanol–water partition coefficient (Wildman–Crippen LogP) is 5.18. The maximum absolute atomic E-state index is 12.1. The van der Waals surface area contributed by atoms with E-state index in [2.05, 4.69) is 46.7 Å². The molecule has 25 heavy (non-hydrogen) atoms. The van der Waals surface area contributed by atoms with Gasteiger partial charge in [0.25, 0.3) is 0 Å². The van der Waals surface area contributed by atoms with Gasteiger partial charge in [-0.05, 0) is 23.8 Å². The Morgan fingerprint density at radius 1 is 1.20 bits per heavy atom. The Bertz CT molecular complexity index is 665. The van der Waals surface area contributed by atoms with Crippen molar-refractivity contribution in [3.05, 3.63) is 40.9 Å². The smallest absolute Gasteiger partial charge is 0.226 e. The number of aromatic nitrogens is 2. The first-order valence-corrected chi connectivity index (χ1v) is 10.2. The second-order valence-electron chi connectivity index (χ2n) is 7.11. The van der Waals surface area contributed by atoms with Crippen molar-refractivity contribution in [1.29, 1.82) is 0 Å². The summed E-state index contributed by atoms with van der Waals surface area (Å²) in [6.45, 7) is 2.19. The number of benzene rings is 1. The van der Waals surface area contributed by atoms with Crippen LogP contribution in [0.5, 0.6) is 0 Å². The van der Waals surface area contributed by atoms with Crippen LogP contribution in [0.25, 0.3) is 0 Å². The van der Waals surface area contributed by atoms with Gasteiger partial charge >= 0.3 is 0 Å². The molecule has 0 bridgehead atoms. The van der Waals surface area contributed by atoms with Crippen molar-refractivity contribution >= 4 is 22.4 Å². The molecule has 1 saturated carbocycles. The summed E-state index contributed by atoms with van der Waals surface area (Å²) in [4.78, 5) is 12.1. The minimum absolute atomic E-state index is 0.0735. The summed E-state index contributed by atoms with van der Waals surface area (Å²) in [7, 11) is 0. The predicted molar refractivity (Wildman–Crippen MR) is 103 cm³/mol. The van der Waals surface area contributed by atoms with E-state index in [0.29, 0.717) is 17.5 Å². The fraction of sp³-hybridized carbons (Fsp3) is 0.550. The number of anilines is 1. The van der Waals surface area contributed by atoms with Gasteiger partial charge in [-0.15, -0.1) is 10.2 Å². The zero-order valence-electron chi connectivity index (χ0n) is 14.9. The fourth-order valence-corrected chi connectivity index (χ4v) is 4.43. The lowest BCUT2D eigenvalue weighted by molar-refractivity contribution is -0.116. The van der Waals surface area contributed by atoms with Crippen LogP contribution in [0.15, 0.2) is 30.3 Å². The second-order valence-corrected chi connectivity index (χ2v) is 8.17. The van der Waals surface area contributed by atoms with Gasteiger partial charge in [0.15, 0.2) is 0 Å². The van der Waals surface area contributed by atoms with E-state index in [1.54, 1.807) is 0 Å². The summed E-state index contributed by atoms with van der Waals surface area (Å²) in [6.07, 6.45) is 9.03. The zero-order chi connectivity index (χ0) is 17.5. The summed E-state index contributed by atoms with van der Waals surface area (Å²) in [5, 5.41) is 12.9. The van der Waals surface area contributed by atoms with Gasteiger partial charge in [-0.1, -0.05) is 80.7 Å². The van der Waals surface area contributed by atoms with E-state index in [-0.39, 0.29) is 5.91 Å². The average molecular weight is 358 g/mol. The van der Waals surface area contributed by atoms with Gasteiger partial charge in [0.1, 0.15) is 5.01 Å². The molecule has 1 atom stereocenters. The lowest BCUT2D eigenvalue weighted by Crippen LogP contribution is -2.14. The lowest BCUT2D eigenvalue weighted by atomic mass is 9.86. The maximum Gasteiger partial charge on any atom is 0.226 e. The number of carbonyl (C=O) groups is 1. The second kappa shape index (κ2) is 9.09. The number of nitrogens with zero attached hydrogens (tertiary/aromatic N) is 2. The molecule has 134 valence electrons. The van der Waals surface area contributed by atoms with Crippen molar-refractivity contribution < 1.29 is 4.79 Å². The van der Waals surface area contributed by atoms with Crippen molar-refractivity contribution in [3.8, 4) is 0 Å². The third kappa shape index (κ3) is 5.63. The van der Waals surface area contributed by atoms with Crippen molar-refractivity contribution in [2.45, 2.75) is 64.2 Å². The molecular formula is C20H27N3OS. The van der Waals surface area contributed by atoms with Crippen molar-refractivity contribution in [3.63, 3.8) is 0 Å². The Morgan fingerprint density at radius 2 is 1.96 bits per heavy atom. The van der Waals surface area contributed by atoms with Gasteiger partial charge in [-0.3, -0.25) is 4.79 Å². The highest BCUT2D eigenvalue weighted by Gasteiger charge is 2.16. The number of nitrogens with one attached hydrogen (secondary N) is 1. The summed E-state index contributed by atoms with van der Waals surface area (Å²) in [5.41, 5.74) is 1.30. The van der Waals surface area contributed by atoms with Crippen molar-refractivity contribution in [2.75, 3.05) is 5.32 Å². The van der Waals surface area contributed by atoms with E-state index >= 15 is 0 Å². The Balaban J connectivity index is 1.45. The number of carbonyl (C=O) groups excluding carboxylic acids is 1. The first kappa shape index (κ1) is 18.1. The number of hydrogen-bond acceptors (Lipinski definition) is 4. The summed E-state index contributed by atoms with van der Waals surface area (Å²) >= 11 is 1.49. The van der Waals surface area contributed by atoms with Crippen LogP contribution in [0, 0.1) is 5.92 Å². The normalized spacial score (nSPS) is 16.5. The molecule has 1 aromatic carbocycles. The minimum Gasteiger partial charge on any atom is -0.301 e. The molecular weight excluding hydrogens is 330 g/mol. The van der Waals surface area contributed by atoms with E-state index < -0.39 is 0 Å². The SMILES string of the molecule is CC(Cc1nnc(NC(=O)CCC2CCCCC2)s1)c1ccccc1. The van der Waals surface area contributed by atoms with Gasteiger partial charge in [0, 0.05) is 12.8 Å². The lowest BCUT2D eigenvalue weighted by Gasteiger charge is -2.20. The van der Waals surface area contributed by atoms with Crippen LogP contribution in [-0.4, -0.2) is 16.1 Å². The summed E-state index contributed by atoms with van der Waals surface area (Å²) < 4.78 is 0. The topological polar surface area (TPSA) is 54.9 Å².